The predicted molar refractivity (Wildman–Crippen MR) is 126 cm³/mol. The van der Waals surface area contributed by atoms with Gasteiger partial charge in [-0.3, -0.25) is 20.2 Å². The first kappa shape index (κ1) is 26.0. The Labute approximate surface area is 215 Å². The smallest absolute Gasteiger partial charge is 0.433 e. The van der Waals surface area contributed by atoms with E-state index in [-0.39, 0.29) is 46.8 Å². The van der Waals surface area contributed by atoms with E-state index < -0.39 is 29.5 Å². The van der Waals surface area contributed by atoms with Gasteiger partial charge in [-0.25, -0.2) is 9.37 Å². The molecule has 2 atom stereocenters. The molecular weight excluding hydrogens is 508 g/mol. The lowest BCUT2D eigenvalue weighted by Crippen LogP contribution is -2.52. The van der Waals surface area contributed by atoms with E-state index in [1.807, 2.05) is 0 Å². The highest BCUT2D eigenvalue weighted by Gasteiger charge is 2.54. The van der Waals surface area contributed by atoms with Gasteiger partial charge in [-0.05, 0) is 43.4 Å². The fourth-order valence-corrected chi connectivity index (χ4v) is 5.10. The third-order valence-corrected chi connectivity index (χ3v) is 7.24. The molecule has 3 aromatic heterocycles. The van der Waals surface area contributed by atoms with E-state index in [0.717, 1.165) is 25.2 Å². The summed E-state index contributed by atoms with van der Waals surface area (Å²) in [4.78, 5) is 22.3. The number of nitrogens with zero attached hydrogens (tertiary/aromatic N) is 4. The van der Waals surface area contributed by atoms with Crippen molar-refractivity contribution in [1.82, 2.24) is 30.4 Å². The van der Waals surface area contributed by atoms with Gasteiger partial charge in [0, 0.05) is 42.4 Å². The van der Waals surface area contributed by atoms with Crippen molar-refractivity contribution < 1.29 is 32.2 Å². The number of aliphatic hydroxyl groups is 1. The number of carbonyl (C=O) groups is 1. The molecule has 2 aliphatic rings. The number of aromatic nitrogens is 4. The highest BCUT2D eigenvalue weighted by atomic mass is 19.4. The molecule has 3 N–H and O–H groups in total. The van der Waals surface area contributed by atoms with Gasteiger partial charge < -0.3 is 14.7 Å². The van der Waals surface area contributed by atoms with Crippen molar-refractivity contribution in [3.63, 3.8) is 0 Å². The number of pyridine rings is 2. The third-order valence-electron chi connectivity index (χ3n) is 7.24. The van der Waals surface area contributed by atoms with Gasteiger partial charge in [0.2, 0.25) is 5.88 Å². The first-order valence-corrected chi connectivity index (χ1v) is 12.1. The van der Waals surface area contributed by atoms with Gasteiger partial charge in [-0.15, -0.1) is 0 Å². The number of amides is 1. The minimum Gasteiger partial charge on any atom is -0.481 e. The molecular formula is C25H26F4N6O3. The SMILES string of the molecule is COc1cc(-c2cc(C(=O)N3CC[C@H](C(O)NCc4cccnc4C(F)(F)F)CC34CC4)[nH]n2)c(F)cn1. The Morgan fingerprint density at radius 3 is 2.84 bits per heavy atom. The van der Waals surface area contributed by atoms with Gasteiger partial charge in [0.25, 0.3) is 5.91 Å². The molecule has 0 radical (unpaired) electrons. The second kappa shape index (κ2) is 9.95. The summed E-state index contributed by atoms with van der Waals surface area (Å²) >= 11 is 0. The molecule has 9 nitrogen and oxygen atoms in total. The van der Waals surface area contributed by atoms with E-state index in [2.05, 4.69) is 25.5 Å². The van der Waals surface area contributed by atoms with Gasteiger partial charge in [-0.2, -0.15) is 18.3 Å². The zero-order valence-electron chi connectivity index (χ0n) is 20.4. The Morgan fingerprint density at radius 2 is 2.13 bits per heavy atom. The van der Waals surface area contributed by atoms with E-state index >= 15 is 0 Å². The van der Waals surface area contributed by atoms with Crippen LogP contribution in [0.5, 0.6) is 5.88 Å². The number of halogens is 4. The van der Waals surface area contributed by atoms with Crippen LogP contribution in [0.4, 0.5) is 17.6 Å². The largest absolute Gasteiger partial charge is 0.481 e. The van der Waals surface area contributed by atoms with Crippen molar-refractivity contribution in [3.05, 3.63) is 59.4 Å². The van der Waals surface area contributed by atoms with Crippen LogP contribution in [-0.2, 0) is 12.7 Å². The van der Waals surface area contributed by atoms with Crippen LogP contribution in [0.3, 0.4) is 0 Å². The number of piperidine rings is 1. The van der Waals surface area contributed by atoms with Crippen LogP contribution in [0.15, 0.2) is 36.7 Å². The van der Waals surface area contributed by atoms with Crippen molar-refractivity contribution in [2.75, 3.05) is 13.7 Å². The van der Waals surface area contributed by atoms with E-state index in [9.17, 15) is 27.5 Å². The maximum Gasteiger partial charge on any atom is 0.433 e. The van der Waals surface area contributed by atoms with Crippen molar-refractivity contribution in [2.45, 2.75) is 50.2 Å². The maximum absolute atomic E-state index is 14.3. The first-order valence-electron chi connectivity index (χ1n) is 12.1. The standard InChI is InChI=1S/C25H26F4N6O3/c1-38-20-9-16(17(26)13-31-20)18-10-19(34-33-18)23(37)35-8-4-14(11-24(35)5-6-24)22(36)32-12-15-3-2-7-30-21(15)25(27,28)29/h2-3,7,9-10,13-14,22,32,36H,4-6,8,11-12H2,1H3,(H,33,34)/t14-,22?/m0/s1. The van der Waals surface area contributed by atoms with Gasteiger partial charge >= 0.3 is 6.18 Å². The second-order valence-corrected chi connectivity index (χ2v) is 9.64. The molecule has 2 fully saturated rings. The van der Waals surface area contributed by atoms with Crippen molar-refractivity contribution in [1.29, 1.82) is 0 Å². The molecule has 13 heteroatoms. The summed E-state index contributed by atoms with van der Waals surface area (Å²) in [6.07, 6.45) is -1.07. The molecule has 1 aliphatic carbocycles. The number of H-pyrrole nitrogens is 1. The number of ether oxygens (including phenoxy) is 1. The molecule has 5 rings (SSSR count). The lowest BCUT2D eigenvalue weighted by Gasteiger charge is -2.41. The topological polar surface area (TPSA) is 116 Å². The van der Waals surface area contributed by atoms with Gasteiger partial charge in [0.05, 0.1) is 19.0 Å². The zero-order valence-corrected chi connectivity index (χ0v) is 20.4. The van der Waals surface area contributed by atoms with Crippen molar-refractivity contribution in [2.24, 2.45) is 5.92 Å². The monoisotopic (exact) mass is 534 g/mol. The molecule has 3 aromatic rings. The predicted octanol–water partition coefficient (Wildman–Crippen LogP) is 3.53. The summed E-state index contributed by atoms with van der Waals surface area (Å²) in [5, 5.41) is 20.3. The molecule has 1 saturated carbocycles. The zero-order chi connectivity index (χ0) is 27.1. The Balaban J connectivity index is 1.24. The summed E-state index contributed by atoms with van der Waals surface area (Å²) in [5.74, 6) is -0.926. The Kier molecular flexibility index (Phi) is 6.82. The lowest BCUT2D eigenvalue weighted by atomic mass is 9.87. The van der Waals surface area contributed by atoms with E-state index in [1.54, 1.807) is 4.90 Å². The molecule has 4 heterocycles. The summed E-state index contributed by atoms with van der Waals surface area (Å²) in [6.45, 7) is 0.165. The number of aromatic amines is 1. The Hall–Kier alpha value is -3.58. The van der Waals surface area contributed by atoms with Crippen LogP contribution in [-0.4, -0.2) is 61.5 Å². The van der Waals surface area contributed by atoms with E-state index in [1.165, 1.54) is 31.4 Å². The number of carbonyl (C=O) groups excluding carboxylic acids is 1. The molecule has 1 saturated heterocycles. The number of nitrogens with one attached hydrogen (secondary N) is 2. The normalized spacial score (nSPS) is 19.4. The van der Waals surface area contributed by atoms with Crippen molar-refractivity contribution in [3.8, 4) is 17.1 Å². The number of hydrogen-bond acceptors (Lipinski definition) is 7. The minimum atomic E-state index is -4.59. The highest BCUT2D eigenvalue weighted by Crippen LogP contribution is 2.51. The second-order valence-electron chi connectivity index (χ2n) is 9.64. The van der Waals surface area contributed by atoms with Crippen LogP contribution in [0.1, 0.15) is 47.4 Å². The summed E-state index contributed by atoms with van der Waals surface area (Å²) < 4.78 is 59.0. The van der Waals surface area contributed by atoms with Crippen molar-refractivity contribution >= 4 is 5.91 Å². The molecule has 1 spiro atoms. The fraction of sp³-hybridized carbons (Fsp3) is 0.440. The van der Waals surface area contributed by atoms with Gasteiger partial charge in [-0.1, -0.05) is 6.07 Å². The van der Waals surface area contributed by atoms with Gasteiger partial charge in [0.15, 0.2) is 5.82 Å². The molecule has 0 aromatic carbocycles. The van der Waals surface area contributed by atoms with Crippen LogP contribution in [0, 0.1) is 11.7 Å². The van der Waals surface area contributed by atoms with Crippen LogP contribution >= 0.6 is 0 Å². The Morgan fingerprint density at radius 1 is 1.34 bits per heavy atom. The number of likely N-dealkylation sites (tertiary alicyclic amines) is 1. The number of rotatable bonds is 7. The maximum atomic E-state index is 14.3. The highest BCUT2D eigenvalue weighted by molar-refractivity contribution is 5.94. The van der Waals surface area contributed by atoms with Crippen LogP contribution < -0.4 is 10.1 Å². The first-order chi connectivity index (χ1) is 18.1. The average molecular weight is 535 g/mol. The van der Waals surface area contributed by atoms with Crippen LogP contribution in [0.2, 0.25) is 0 Å². The minimum absolute atomic E-state index is 0.0499. The van der Waals surface area contributed by atoms with E-state index in [4.69, 9.17) is 4.74 Å². The summed E-state index contributed by atoms with van der Waals surface area (Å²) in [7, 11) is 1.41. The lowest BCUT2D eigenvalue weighted by molar-refractivity contribution is -0.142. The molecule has 1 amide bonds. The summed E-state index contributed by atoms with van der Waals surface area (Å²) in [6, 6.07) is 5.62. The van der Waals surface area contributed by atoms with E-state index in [0.29, 0.717) is 19.4 Å². The number of hydrogen-bond donors (Lipinski definition) is 3. The number of aliphatic hydroxyl groups excluding tert-OH is 1. The average Bonchev–Trinajstić information content (AvgIpc) is 3.48. The molecule has 1 unspecified atom stereocenters. The molecule has 1 aliphatic heterocycles. The molecule has 38 heavy (non-hydrogen) atoms. The van der Waals surface area contributed by atoms with Crippen LogP contribution in [0.25, 0.3) is 11.3 Å². The fourth-order valence-electron chi connectivity index (χ4n) is 5.10. The van der Waals surface area contributed by atoms with Gasteiger partial charge in [0.1, 0.15) is 17.6 Å². The third kappa shape index (κ3) is 5.07. The number of alkyl halides is 3. The molecule has 202 valence electrons. The summed E-state index contributed by atoms with van der Waals surface area (Å²) in [5.41, 5.74) is -0.892. The number of methoxy groups -OCH3 is 1. The molecule has 0 bridgehead atoms. The Bertz CT molecular complexity index is 1330. The quantitative estimate of drug-likeness (QED) is 0.314.